The van der Waals surface area contributed by atoms with Gasteiger partial charge in [-0.1, -0.05) is 29.8 Å². The fourth-order valence-corrected chi connectivity index (χ4v) is 1.97. The van der Waals surface area contributed by atoms with E-state index in [0.29, 0.717) is 10.6 Å². The normalized spacial score (nSPS) is 14.6. The molecule has 0 fully saturated rings. The van der Waals surface area contributed by atoms with Gasteiger partial charge in [0.25, 0.3) is 0 Å². The lowest BCUT2D eigenvalue weighted by Gasteiger charge is -2.31. The molecule has 0 unspecified atom stereocenters. The van der Waals surface area contributed by atoms with Crippen LogP contribution in [-0.4, -0.2) is 23.4 Å². The van der Waals surface area contributed by atoms with Crippen LogP contribution >= 0.6 is 11.6 Å². The van der Waals surface area contributed by atoms with Gasteiger partial charge in [-0.15, -0.1) is 0 Å². The highest BCUT2D eigenvalue weighted by atomic mass is 35.5. The number of hydrogen-bond donors (Lipinski definition) is 2. The summed E-state index contributed by atoms with van der Waals surface area (Å²) in [5.41, 5.74) is -0.938. The second-order valence-corrected chi connectivity index (χ2v) is 6.00. The molecule has 5 heteroatoms. The van der Waals surface area contributed by atoms with Crippen molar-refractivity contribution in [3.05, 3.63) is 34.9 Å². The van der Waals surface area contributed by atoms with Crippen LogP contribution in [0.25, 0.3) is 0 Å². The molecule has 0 aliphatic heterocycles. The van der Waals surface area contributed by atoms with E-state index in [1.807, 2.05) is 0 Å². The van der Waals surface area contributed by atoms with Crippen LogP contribution in [0.3, 0.4) is 0 Å². The standard InChI is InChI=1S/C14H20ClNO3/c1-13(2,3)19-12(18)16-14(4,9-17)10-7-5-6-8-11(10)15/h5-8,17H,9H2,1-4H3,(H,16,18)/t14-/m0/s1. The lowest BCUT2D eigenvalue weighted by molar-refractivity contribution is 0.0411. The first kappa shape index (κ1) is 15.8. The van der Waals surface area contributed by atoms with E-state index in [2.05, 4.69) is 5.32 Å². The third kappa shape index (κ3) is 4.40. The highest BCUT2D eigenvalue weighted by Crippen LogP contribution is 2.27. The van der Waals surface area contributed by atoms with Crippen LogP contribution < -0.4 is 5.32 Å². The van der Waals surface area contributed by atoms with E-state index in [9.17, 15) is 9.90 Å². The number of nitrogens with one attached hydrogen (secondary N) is 1. The van der Waals surface area contributed by atoms with Crippen LogP contribution in [0, 0.1) is 0 Å². The highest BCUT2D eigenvalue weighted by molar-refractivity contribution is 6.31. The number of benzene rings is 1. The number of ether oxygens (including phenoxy) is 1. The van der Waals surface area contributed by atoms with E-state index in [0.717, 1.165) is 0 Å². The summed E-state index contributed by atoms with van der Waals surface area (Å²) in [5, 5.41) is 12.7. The van der Waals surface area contributed by atoms with E-state index in [4.69, 9.17) is 16.3 Å². The molecule has 0 saturated heterocycles. The Kier molecular flexibility index (Phi) is 4.82. The molecule has 1 atom stereocenters. The molecule has 0 aliphatic carbocycles. The molecule has 0 bridgehead atoms. The molecule has 106 valence electrons. The molecule has 4 nitrogen and oxygen atoms in total. The zero-order valence-corrected chi connectivity index (χ0v) is 12.4. The molecule has 19 heavy (non-hydrogen) atoms. The SMILES string of the molecule is CC(C)(C)OC(=O)N[C@@](C)(CO)c1ccccc1Cl. The zero-order chi connectivity index (χ0) is 14.7. The Morgan fingerprint density at radius 2 is 1.89 bits per heavy atom. The van der Waals surface area contributed by atoms with Gasteiger partial charge >= 0.3 is 6.09 Å². The number of rotatable bonds is 3. The van der Waals surface area contributed by atoms with Gasteiger partial charge in [0.1, 0.15) is 5.60 Å². The molecular weight excluding hydrogens is 266 g/mol. The van der Waals surface area contributed by atoms with Gasteiger partial charge < -0.3 is 15.2 Å². The van der Waals surface area contributed by atoms with E-state index >= 15 is 0 Å². The summed E-state index contributed by atoms with van der Waals surface area (Å²) < 4.78 is 5.19. The maximum absolute atomic E-state index is 11.8. The Morgan fingerprint density at radius 1 is 1.32 bits per heavy atom. The minimum atomic E-state index is -0.985. The van der Waals surface area contributed by atoms with Crippen molar-refractivity contribution in [1.29, 1.82) is 0 Å². The van der Waals surface area contributed by atoms with Crippen molar-refractivity contribution in [1.82, 2.24) is 5.32 Å². The summed E-state index contributed by atoms with van der Waals surface area (Å²) in [4.78, 5) is 11.8. The summed E-state index contributed by atoms with van der Waals surface area (Å²) in [6.07, 6.45) is -0.594. The van der Waals surface area contributed by atoms with Crippen molar-refractivity contribution in [2.45, 2.75) is 38.8 Å². The first-order valence-corrected chi connectivity index (χ1v) is 6.43. The number of aliphatic hydroxyl groups is 1. The van der Waals surface area contributed by atoms with Gasteiger partial charge in [0.15, 0.2) is 0 Å². The quantitative estimate of drug-likeness (QED) is 0.897. The number of hydrogen-bond acceptors (Lipinski definition) is 3. The van der Waals surface area contributed by atoms with E-state index in [1.165, 1.54) is 0 Å². The van der Waals surface area contributed by atoms with Gasteiger partial charge in [0.2, 0.25) is 0 Å². The molecule has 1 rings (SSSR count). The van der Waals surface area contributed by atoms with Crippen molar-refractivity contribution in [3.63, 3.8) is 0 Å². The van der Waals surface area contributed by atoms with Gasteiger partial charge in [-0.2, -0.15) is 0 Å². The zero-order valence-electron chi connectivity index (χ0n) is 11.7. The first-order valence-electron chi connectivity index (χ1n) is 6.05. The first-order chi connectivity index (χ1) is 8.68. The minimum Gasteiger partial charge on any atom is -0.444 e. The number of aliphatic hydroxyl groups excluding tert-OH is 1. The van der Waals surface area contributed by atoms with Gasteiger partial charge in [-0.05, 0) is 39.3 Å². The molecule has 0 aromatic heterocycles. The van der Waals surface area contributed by atoms with Crippen LogP contribution in [0.2, 0.25) is 5.02 Å². The van der Waals surface area contributed by atoms with E-state index in [-0.39, 0.29) is 6.61 Å². The number of halogens is 1. The molecule has 0 radical (unpaired) electrons. The maximum Gasteiger partial charge on any atom is 0.408 e. The molecule has 0 saturated carbocycles. The van der Waals surface area contributed by atoms with Gasteiger partial charge in [0, 0.05) is 5.02 Å². The smallest absolute Gasteiger partial charge is 0.408 e. The van der Waals surface area contributed by atoms with E-state index in [1.54, 1.807) is 52.0 Å². The van der Waals surface area contributed by atoms with Crippen molar-refractivity contribution in [2.24, 2.45) is 0 Å². The summed E-state index contributed by atoms with van der Waals surface area (Å²) in [6, 6.07) is 7.06. The summed E-state index contributed by atoms with van der Waals surface area (Å²) in [5.74, 6) is 0. The Bertz CT molecular complexity index is 456. The third-order valence-corrected chi connectivity index (χ3v) is 2.89. The highest BCUT2D eigenvalue weighted by Gasteiger charge is 2.31. The molecule has 2 N–H and O–H groups in total. The van der Waals surface area contributed by atoms with Crippen LogP contribution in [0.4, 0.5) is 4.79 Å². The molecule has 1 amide bonds. The number of carbonyl (C=O) groups is 1. The van der Waals surface area contributed by atoms with Gasteiger partial charge in [0.05, 0.1) is 12.1 Å². The largest absolute Gasteiger partial charge is 0.444 e. The number of amides is 1. The number of carbonyl (C=O) groups excluding carboxylic acids is 1. The van der Waals surface area contributed by atoms with Crippen LogP contribution in [0.1, 0.15) is 33.3 Å². The van der Waals surface area contributed by atoms with Crippen LogP contribution in [-0.2, 0) is 10.3 Å². The fraction of sp³-hybridized carbons (Fsp3) is 0.500. The average molecular weight is 286 g/mol. The molecule has 1 aromatic carbocycles. The monoisotopic (exact) mass is 285 g/mol. The summed E-state index contributed by atoms with van der Waals surface area (Å²) in [6.45, 7) is 6.74. The van der Waals surface area contributed by atoms with Crippen LogP contribution in [0.5, 0.6) is 0 Å². The molecular formula is C14H20ClNO3. The molecule has 0 aliphatic rings. The fourth-order valence-electron chi connectivity index (χ4n) is 1.63. The second kappa shape index (κ2) is 5.80. The van der Waals surface area contributed by atoms with E-state index < -0.39 is 17.2 Å². The van der Waals surface area contributed by atoms with Gasteiger partial charge in [-0.3, -0.25) is 0 Å². The average Bonchev–Trinajstić information content (AvgIpc) is 2.26. The van der Waals surface area contributed by atoms with Gasteiger partial charge in [-0.25, -0.2) is 4.79 Å². The Balaban J connectivity index is 2.94. The summed E-state index contributed by atoms with van der Waals surface area (Å²) >= 11 is 6.10. The predicted molar refractivity (Wildman–Crippen MR) is 75.3 cm³/mol. The topological polar surface area (TPSA) is 58.6 Å². The Hall–Kier alpha value is -1.26. The van der Waals surface area contributed by atoms with Crippen LogP contribution in [0.15, 0.2) is 24.3 Å². The second-order valence-electron chi connectivity index (χ2n) is 5.60. The predicted octanol–water partition coefficient (Wildman–Crippen LogP) is 3.07. The Labute approximate surface area is 118 Å². The maximum atomic E-state index is 11.8. The molecule has 0 heterocycles. The lowest BCUT2D eigenvalue weighted by Crippen LogP contribution is -2.48. The third-order valence-electron chi connectivity index (χ3n) is 2.56. The van der Waals surface area contributed by atoms with Crippen molar-refractivity contribution in [2.75, 3.05) is 6.61 Å². The number of alkyl carbamates (subject to hydrolysis) is 1. The minimum absolute atomic E-state index is 0.282. The van der Waals surface area contributed by atoms with Crippen molar-refractivity contribution < 1.29 is 14.6 Å². The molecule has 1 aromatic rings. The summed E-state index contributed by atoms with van der Waals surface area (Å²) in [7, 11) is 0. The Morgan fingerprint density at radius 3 is 2.37 bits per heavy atom. The van der Waals surface area contributed by atoms with Crippen molar-refractivity contribution in [3.8, 4) is 0 Å². The van der Waals surface area contributed by atoms with Crippen molar-refractivity contribution >= 4 is 17.7 Å². The lowest BCUT2D eigenvalue weighted by atomic mass is 9.93. The molecule has 0 spiro atoms.